The average Bonchev–Trinajstić information content (AvgIpc) is 3.09. The molecule has 5 heteroatoms. The Bertz CT molecular complexity index is 318. The van der Waals surface area contributed by atoms with E-state index in [2.05, 4.69) is 5.32 Å². The highest BCUT2D eigenvalue weighted by Gasteiger charge is 2.62. The molecule has 18 heavy (non-hydrogen) atoms. The molecule has 106 valence electrons. The Hall–Kier alpha value is -0.320. The van der Waals surface area contributed by atoms with Gasteiger partial charge in [-0.3, -0.25) is 4.79 Å². The lowest BCUT2D eigenvalue weighted by molar-refractivity contribution is -0.170. The Kier molecular flexibility index (Phi) is 4.68. The van der Waals surface area contributed by atoms with E-state index < -0.39 is 5.54 Å². The highest BCUT2D eigenvalue weighted by Crippen LogP contribution is 2.49. The predicted molar refractivity (Wildman–Crippen MR) is 73.7 cm³/mol. The standard InChI is InChI=1S/C13H24N2O2.ClH/c1-4-17-10-7-13(14,12(10,2)3)11(16)15-8-9-5-6-9;/h9-10H,4-8,14H2,1-3H3,(H,15,16);1H. The number of hydrogen-bond donors (Lipinski definition) is 2. The first-order valence-electron chi connectivity index (χ1n) is 6.60. The molecule has 3 N–H and O–H groups in total. The minimum Gasteiger partial charge on any atom is -0.378 e. The maximum Gasteiger partial charge on any atom is 0.240 e. The lowest BCUT2D eigenvalue weighted by atomic mass is 9.54. The van der Waals surface area contributed by atoms with Crippen LogP contribution in [0.25, 0.3) is 0 Å². The van der Waals surface area contributed by atoms with Gasteiger partial charge in [-0.25, -0.2) is 0 Å². The molecule has 0 aromatic rings. The van der Waals surface area contributed by atoms with Crippen LogP contribution in [0.2, 0.25) is 0 Å². The van der Waals surface area contributed by atoms with Crippen LogP contribution in [-0.4, -0.2) is 30.7 Å². The number of carbonyl (C=O) groups excluding carboxylic acids is 1. The second-order valence-corrected chi connectivity index (χ2v) is 5.99. The van der Waals surface area contributed by atoms with Gasteiger partial charge in [0.15, 0.2) is 0 Å². The van der Waals surface area contributed by atoms with Gasteiger partial charge in [0, 0.05) is 25.0 Å². The van der Waals surface area contributed by atoms with Crippen LogP contribution in [0.1, 0.15) is 40.0 Å². The summed E-state index contributed by atoms with van der Waals surface area (Å²) in [5.74, 6) is 0.679. The highest BCUT2D eigenvalue weighted by atomic mass is 35.5. The summed E-state index contributed by atoms with van der Waals surface area (Å²) in [4.78, 5) is 12.2. The van der Waals surface area contributed by atoms with Crippen molar-refractivity contribution in [3.05, 3.63) is 0 Å². The van der Waals surface area contributed by atoms with Crippen molar-refractivity contribution in [2.24, 2.45) is 17.1 Å². The van der Waals surface area contributed by atoms with Crippen LogP contribution in [0, 0.1) is 11.3 Å². The second-order valence-electron chi connectivity index (χ2n) is 5.99. The van der Waals surface area contributed by atoms with E-state index in [4.69, 9.17) is 10.5 Å². The third kappa shape index (κ3) is 2.51. The summed E-state index contributed by atoms with van der Waals surface area (Å²) in [6.45, 7) is 7.47. The minimum atomic E-state index is -0.762. The lowest BCUT2D eigenvalue weighted by Gasteiger charge is -2.57. The number of hydrogen-bond acceptors (Lipinski definition) is 3. The van der Waals surface area contributed by atoms with Gasteiger partial charge >= 0.3 is 0 Å². The van der Waals surface area contributed by atoms with E-state index in [1.54, 1.807) is 0 Å². The fourth-order valence-corrected chi connectivity index (χ4v) is 2.54. The van der Waals surface area contributed by atoms with Crippen molar-refractivity contribution in [2.75, 3.05) is 13.2 Å². The first-order chi connectivity index (χ1) is 7.91. The molecule has 0 aromatic heterocycles. The second kappa shape index (κ2) is 5.35. The molecule has 2 saturated carbocycles. The highest BCUT2D eigenvalue weighted by molar-refractivity contribution is 5.88. The van der Waals surface area contributed by atoms with Crippen molar-refractivity contribution in [3.63, 3.8) is 0 Å². The Morgan fingerprint density at radius 1 is 1.44 bits per heavy atom. The van der Waals surface area contributed by atoms with Crippen molar-refractivity contribution in [3.8, 4) is 0 Å². The van der Waals surface area contributed by atoms with Crippen LogP contribution in [0.4, 0.5) is 0 Å². The van der Waals surface area contributed by atoms with Crippen LogP contribution in [0.15, 0.2) is 0 Å². The first-order valence-corrected chi connectivity index (χ1v) is 6.60. The van der Waals surface area contributed by atoms with Crippen LogP contribution in [0.5, 0.6) is 0 Å². The van der Waals surface area contributed by atoms with E-state index in [9.17, 15) is 4.79 Å². The molecule has 2 rings (SSSR count). The number of carbonyl (C=O) groups is 1. The van der Waals surface area contributed by atoms with E-state index in [-0.39, 0.29) is 29.8 Å². The van der Waals surface area contributed by atoms with E-state index in [0.717, 1.165) is 6.54 Å². The summed E-state index contributed by atoms with van der Waals surface area (Å²) in [7, 11) is 0. The molecule has 0 aromatic carbocycles. The molecule has 2 fully saturated rings. The number of ether oxygens (including phenoxy) is 1. The predicted octanol–water partition coefficient (Wildman–Crippen LogP) is 1.47. The van der Waals surface area contributed by atoms with Gasteiger partial charge in [0.1, 0.15) is 5.54 Å². The van der Waals surface area contributed by atoms with Gasteiger partial charge in [-0.05, 0) is 25.7 Å². The normalized spacial score (nSPS) is 33.2. The summed E-state index contributed by atoms with van der Waals surface area (Å²) >= 11 is 0. The molecule has 0 heterocycles. The van der Waals surface area contributed by atoms with Crippen LogP contribution >= 0.6 is 12.4 Å². The molecule has 0 saturated heterocycles. The zero-order valence-corrected chi connectivity index (χ0v) is 12.3. The summed E-state index contributed by atoms with van der Waals surface area (Å²) in [6.07, 6.45) is 3.21. The van der Waals surface area contributed by atoms with Gasteiger partial charge in [0.2, 0.25) is 5.91 Å². The summed E-state index contributed by atoms with van der Waals surface area (Å²) in [6, 6.07) is 0. The molecule has 2 aliphatic carbocycles. The van der Waals surface area contributed by atoms with Crippen LogP contribution in [-0.2, 0) is 9.53 Å². The summed E-state index contributed by atoms with van der Waals surface area (Å²) in [5, 5.41) is 2.99. The number of amides is 1. The summed E-state index contributed by atoms with van der Waals surface area (Å²) < 4.78 is 5.62. The van der Waals surface area contributed by atoms with Crippen molar-refractivity contribution < 1.29 is 9.53 Å². The van der Waals surface area contributed by atoms with Crippen LogP contribution in [0.3, 0.4) is 0 Å². The number of nitrogens with one attached hydrogen (secondary N) is 1. The summed E-state index contributed by atoms with van der Waals surface area (Å²) in [5.41, 5.74) is 5.22. The Morgan fingerprint density at radius 3 is 2.50 bits per heavy atom. The molecule has 2 atom stereocenters. The monoisotopic (exact) mass is 276 g/mol. The van der Waals surface area contributed by atoms with Crippen molar-refractivity contribution in [2.45, 2.75) is 51.7 Å². The van der Waals surface area contributed by atoms with Gasteiger partial charge in [0.25, 0.3) is 0 Å². The van der Waals surface area contributed by atoms with Gasteiger partial charge in [-0.1, -0.05) is 13.8 Å². The largest absolute Gasteiger partial charge is 0.378 e. The first kappa shape index (κ1) is 15.7. The van der Waals surface area contributed by atoms with Crippen molar-refractivity contribution in [1.29, 1.82) is 0 Å². The topological polar surface area (TPSA) is 64.3 Å². The third-order valence-electron chi connectivity index (χ3n) is 4.48. The van der Waals surface area contributed by atoms with Crippen LogP contribution < -0.4 is 11.1 Å². The fraction of sp³-hybridized carbons (Fsp3) is 0.923. The molecule has 0 aliphatic heterocycles. The lowest BCUT2D eigenvalue weighted by Crippen LogP contribution is -2.75. The number of halogens is 1. The molecule has 0 spiro atoms. The van der Waals surface area contributed by atoms with E-state index in [1.807, 2.05) is 20.8 Å². The molecule has 0 bridgehead atoms. The zero-order chi connectivity index (χ0) is 12.7. The molecule has 1 amide bonds. The molecule has 4 nitrogen and oxygen atoms in total. The van der Waals surface area contributed by atoms with E-state index in [1.165, 1.54) is 12.8 Å². The van der Waals surface area contributed by atoms with Crippen molar-refractivity contribution >= 4 is 18.3 Å². The molecular formula is C13H25ClN2O2. The van der Waals surface area contributed by atoms with Gasteiger partial charge in [-0.2, -0.15) is 0 Å². The molecule has 0 radical (unpaired) electrons. The van der Waals surface area contributed by atoms with Gasteiger partial charge in [0.05, 0.1) is 6.10 Å². The van der Waals surface area contributed by atoms with Gasteiger partial charge < -0.3 is 15.8 Å². The third-order valence-corrected chi connectivity index (χ3v) is 4.48. The number of nitrogens with two attached hydrogens (primary N) is 1. The fourth-order valence-electron chi connectivity index (χ4n) is 2.54. The Morgan fingerprint density at radius 2 is 2.06 bits per heavy atom. The van der Waals surface area contributed by atoms with E-state index in [0.29, 0.717) is 18.9 Å². The minimum absolute atomic E-state index is 0. The quantitative estimate of drug-likeness (QED) is 0.799. The average molecular weight is 277 g/mol. The Balaban J connectivity index is 0.00000162. The Labute approximate surface area is 115 Å². The van der Waals surface area contributed by atoms with Crippen molar-refractivity contribution in [1.82, 2.24) is 5.32 Å². The molecule has 2 aliphatic rings. The SMILES string of the molecule is CCOC1CC(N)(C(=O)NCC2CC2)C1(C)C.Cl. The smallest absolute Gasteiger partial charge is 0.240 e. The molecule has 2 unspecified atom stereocenters. The van der Waals surface area contributed by atoms with Gasteiger partial charge in [-0.15, -0.1) is 12.4 Å². The molecular weight excluding hydrogens is 252 g/mol. The van der Waals surface area contributed by atoms with E-state index >= 15 is 0 Å². The maximum absolute atomic E-state index is 12.2. The number of rotatable bonds is 5. The maximum atomic E-state index is 12.2. The zero-order valence-electron chi connectivity index (χ0n) is 11.5.